The van der Waals surface area contributed by atoms with Crippen LogP contribution in [0.4, 0.5) is 5.69 Å². The Morgan fingerprint density at radius 1 is 1.22 bits per heavy atom. The third-order valence-electron chi connectivity index (χ3n) is 4.98. The van der Waals surface area contributed by atoms with Crippen molar-refractivity contribution in [3.05, 3.63) is 70.6 Å². The molecule has 9 heteroatoms. The maximum Gasteiger partial charge on any atom is 0.271 e. The number of rotatable bonds is 8. The maximum atomic E-state index is 12.6. The Hall–Kier alpha value is -3.04. The molecule has 7 nitrogen and oxygen atoms in total. The first-order valence-corrected chi connectivity index (χ1v) is 12.6. The van der Waals surface area contributed by atoms with Crippen LogP contribution in [0.25, 0.3) is 0 Å². The van der Waals surface area contributed by atoms with Crippen molar-refractivity contribution in [1.29, 1.82) is 0 Å². The minimum absolute atomic E-state index is 0.125. The molecule has 2 aromatic carbocycles. The van der Waals surface area contributed by atoms with Crippen molar-refractivity contribution in [2.24, 2.45) is 0 Å². The predicted octanol–water partition coefficient (Wildman–Crippen LogP) is 4.20. The van der Waals surface area contributed by atoms with Crippen LogP contribution in [-0.4, -0.2) is 27.0 Å². The number of hydrogen-bond acceptors (Lipinski definition) is 6. The third kappa shape index (κ3) is 4.89. The van der Waals surface area contributed by atoms with Gasteiger partial charge in [0.05, 0.1) is 6.61 Å². The molecule has 0 fully saturated rings. The number of hydrogen-bond donors (Lipinski definition) is 2. The smallest absolute Gasteiger partial charge is 0.271 e. The van der Waals surface area contributed by atoms with Crippen LogP contribution < -0.4 is 19.5 Å². The van der Waals surface area contributed by atoms with Crippen molar-refractivity contribution in [2.45, 2.75) is 37.1 Å². The molecule has 0 spiro atoms. The molecule has 4 rings (SSSR count). The molecule has 0 unspecified atom stereocenters. The number of anilines is 1. The second-order valence-corrected chi connectivity index (χ2v) is 10.3. The number of sulfonamides is 1. The molecule has 0 radical (unpaired) electrons. The molecule has 2 N–H and O–H groups in total. The molecular formula is C23H24N2O5S2. The fourth-order valence-corrected chi connectivity index (χ4v) is 5.55. The number of nitrogens with one attached hydrogen (secondary N) is 2. The zero-order chi connectivity index (χ0) is 22.7. The molecule has 2 heterocycles. The Labute approximate surface area is 191 Å². The number of carbonyl (C=O) groups excluding carboxylic acids is 1. The minimum Gasteiger partial charge on any atom is -0.494 e. The van der Waals surface area contributed by atoms with Gasteiger partial charge in [-0.3, -0.25) is 9.52 Å². The Morgan fingerprint density at radius 3 is 2.69 bits per heavy atom. The lowest BCUT2D eigenvalue weighted by Gasteiger charge is -2.13. The summed E-state index contributed by atoms with van der Waals surface area (Å²) < 4.78 is 39.0. The highest BCUT2D eigenvalue weighted by Gasteiger charge is 2.22. The van der Waals surface area contributed by atoms with E-state index in [0.29, 0.717) is 17.9 Å². The van der Waals surface area contributed by atoms with Gasteiger partial charge >= 0.3 is 0 Å². The number of fused-ring (bicyclic) bond motifs is 1. The van der Waals surface area contributed by atoms with Crippen LogP contribution in [0.5, 0.6) is 11.5 Å². The van der Waals surface area contributed by atoms with Crippen molar-refractivity contribution in [3.63, 3.8) is 0 Å². The summed E-state index contributed by atoms with van der Waals surface area (Å²) in [6.45, 7) is 4.75. The van der Waals surface area contributed by atoms with Crippen LogP contribution in [0.2, 0.25) is 0 Å². The van der Waals surface area contributed by atoms with Crippen LogP contribution in [0.15, 0.2) is 58.1 Å². The van der Waals surface area contributed by atoms with E-state index in [1.165, 1.54) is 6.07 Å². The van der Waals surface area contributed by atoms with Gasteiger partial charge in [0.1, 0.15) is 21.8 Å². The first kappa shape index (κ1) is 22.2. The Balaban J connectivity index is 1.42. The normalized spacial score (nSPS) is 15.0. The van der Waals surface area contributed by atoms with Gasteiger partial charge < -0.3 is 14.8 Å². The van der Waals surface area contributed by atoms with Crippen LogP contribution in [0.1, 0.15) is 35.3 Å². The summed E-state index contributed by atoms with van der Waals surface area (Å²) in [4.78, 5) is 12.6. The van der Waals surface area contributed by atoms with Crippen LogP contribution in [-0.2, 0) is 23.0 Å². The van der Waals surface area contributed by atoms with Crippen LogP contribution in [0.3, 0.4) is 0 Å². The van der Waals surface area contributed by atoms with Gasteiger partial charge in [-0.05, 0) is 61.7 Å². The average Bonchev–Trinajstić information content (AvgIpc) is 3.42. The summed E-state index contributed by atoms with van der Waals surface area (Å²) in [5, 5.41) is 4.60. The highest BCUT2D eigenvalue weighted by atomic mass is 32.2. The molecule has 0 aliphatic carbocycles. The van der Waals surface area contributed by atoms with Crippen molar-refractivity contribution in [2.75, 3.05) is 11.3 Å². The summed E-state index contributed by atoms with van der Waals surface area (Å²) in [6, 6.07) is 13.4. The highest BCUT2D eigenvalue weighted by Crippen LogP contribution is 2.35. The lowest BCUT2D eigenvalue weighted by Crippen LogP contribution is -2.23. The number of carbonyl (C=O) groups is 1. The van der Waals surface area contributed by atoms with Crippen molar-refractivity contribution >= 4 is 33.0 Å². The lowest BCUT2D eigenvalue weighted by molar-refractivity contribution is 0.0950. The largest absolute Gasteiger partial charge is 0.494 e. The predicted molar refractivity (Wildman–Crippen MR) is 124 cm³/mol. The zero-order valence-electron chi connectivity index (χ0n) is 17.8. The summed E-state index contributed by atoms with van der Waals surface area (Å²) >= 11 is 1.14. The van der Waals surface area contributed by atoms with Crippen molar-refractivity contribution < 1.29 is 22.7 Å². The Bertz CT molecular complexity index is 1210. The first-order valence-electron chi connectivity index (χ1n) is 10.3. The van der Waals surface area contributed by atoms with E-state index in [1.54, 1.807) is 35.7 Å². The second kappa shape index (κ2) is 9.22. The first-order chi connectivity index (χ1) is 15.4. The molecule has 0 saturated heterocycles. The summed E-state index contributed by atoms with van der Waals surface area (Å²) in [7, 11) is -3.63. The topological polar surface area (TPSA) is 93.7 Å². The lowest BCUT2D eigenvalue weighted by atomic mass is 10.1. The molecule has 0 bridgehead atoms. The monoisotopic (exact) mass is 472 g/mol. The second-order valence-electron chi connectivity index (χ2n) is 7.43. The Morgan fingerprint density at radius 2 is 2.00 bits per heavy atom. The molecule has 1 aromatic heterocycles. The van der Waals surface area contributed by atoms with Gasteiger partial charge in [0.2, 0.25) is 0 Å². The average molecular weight is 473 g/mol. The van der Waals surface area contributed by atoms with E-state index in [0.717, 1.165) is 40.4 Å². The van der Waals surface area contributed by atoms with Crippen LogP contribution >= 0.6 is 11.3 Å². The molecule has 168 valence electrons. The van der Waals surface area contributed by atoms with Gasteiger partial charge in [0.15, 0.2) is 0 Å². The van der Waals surface area contributed by atoms with E-state index >= 15 is 0 Å². The van der Waals surface area contributed by atoms with Gasteiger partial charge in [0, 0.05) is 35.3 Å². The molecule has 1 amide bonds. The van der Waals surface area contributed by atoms with E-state index in [1.807, 2.05) is 26.0 Å². The molecule has 1 aliphatic rings. The van der Waals surface area contributed by atoms with Gasteiger partial charge in [-0.2, -0.15) is 0 Å². The van der Waals surface area contributed by atoms with Gasteiger partial charge in [-0.25, -0.2) is 8.42 Å². The molecule has 32 heavy (non-hydrogen) atoms. The Kier molecular flexibility index (Phi) is 6.38. The standard InChI is InChI=1S/C23H24N2O5S2/c1-3-29-20-12-17-11-15(2)30-21(17)13-18(20)14-24-23(26)16-6-8-19(9-7-16)25-32(27,28)22-5-4-10-31-22/h4-10,12-13,15,25H,3,11,14H2,1-2H3,(H,24,26)/t15-/m0/s1. The minimum atomic E-state index is -3.63. The summed E-state index contributed by atoms with van der Waals surface area (Å²) in [5.41, 5.74) is 2.76. The van der Waals surface area contributed by atoms with E-state index in [9.17, 15) is 13.2 Å². The number of amides is 1. The van der Waals surface area contributed by atoms with E-state index in [2.05, 4.69) is 10.0 Å². The SMILES string of the molecule is CCOc1cc2c(cc1CNC(=O)c1ccc(NS(=O)(=O)c3cccs3)cc1)O[C@@H](C)C2. The number of thiophene rings is 1. The van der Waals surface area contributed by atoms with Crippen molar-refractivity contribution in [3.8, 4) is 11.5 Å². The van der Waals surface area contributed by atoms with Gasteiger partial charge in [-0.1, -0.05) is 6.07 Å². The number of ether oxygens (including phenoxy) is 2. The van der Waals surface area contributed by atoms with Gasteiger partial charge in [-0.15, -0.1) is 11.3 Å². The molecule has 1 atom stereocenters. The van der Waals surface area contributed by atoms with Crippen LogP contribution in [0, 0.1) is 0 Å². The molecular weight excluding hydrogens is 448 g/mol. The molecule has 3 aromatic rings. The summed E-state index contributed by atoms with van der Waals surface area (Å²) in [6.07, 6.45) is 0.963. The molecule has 0 saturated carbocycles. The molecule has 1 aliphatic heterocycles. The van der Waals surface area contributed by atoms with Gasteiger partial charge in [0.25, 0.3) is 15.9 Å². The van der Waals surface area contributed by atoms with E-state index < -0.39 is 10.0 Å². The summed E-state index contributed by atoms with van der Waals surface area (Å²) in [5.74, 6) is 1.30. The van der Waals surface area contributed by atoms with Crippen molar-refractivity contribution in [1.82, 2.24) is 5.32 Å². The quantitative estimate of drug-likeness (QED) is 0.512. The maximum absolute atomic E-state index is 12.6. The number of benzene rings is 2. The third-order valence-corrected chi connectivity index (χ3v) is 7.76. The van der Waals surface area contributed by atoms with E-state index in [-0.39, 0.29) is 22.8 Å². The zero-order valence-corrected chi connectivity index (χ0v) is 19.4. The fourth-order valence-electron chi connectivity index (χ4n) is 3.50. The highest BCUT2D eigenvalue weighted by molar-refractivity contribution is 7.94. The fraction of sp³-hybridized carbons (Fsp3) is 0.261. The van der Waals surface area contributed by atoms with E-state index in [4.69, 9.17) is 9.47 Å².